The number of aromatic nitrogens is 5. The summed E-state index contributed by atoms with van der Waals surface area (Å²) in [6, 6.07) is 8.20. The number of hydrogen-bond acceptors (Lipinski definition) is 6. The number of thiazole rings is 1. The molecule has 1 atom stereocenters. The van der Waals surface area contributed by atoms with Crippen LogP contribution in [0.25, 0.3) is 5.69 Å². The summed E-state index contributed by atoms with van der Waals surface area (Å²) < 4.78 is 1.63. The average molecular weight is 286 g/mol. The second-order valence-corrected chi connectivity index (χ2v) is 5.36. The Hall–Kier alpha value is -2.28. The van der Waals surface area contributed by atoms with Crippen LogP contribution >= 0.6 is 11.3 Å². The Morgan fingerprint density at radius 1 is 1.35 bits per heavy atom. The molecule has 3 rings (SSSR count). The molecule has 0 aliphatic heterocycles. The molecule has 0 spiro atoms. The first kappa shape index (κ1) is 12.7. The predicted molar refractivity (Wildman–Crippen MR) is 78.0 cm³/mol. The Balaban J connectivity index is 1.81. The summed E-state index contributed by atoms with van der Waals surface area (Å²) in [5, 5.41) is 14.7. The van der Waals surface area contributed by atoms with Crippen LogP contribution in [0.2, 0.25) is 0 Å². The van der Waals surface area contributed by atoms with Crippen LogP contribution in [0.15, 0.2) is 36.1 Å². The maximum atomic E-state index is 4.29. The van der Waals surface area contributed by atoms with Gasteiger partial charge in [0.05, 0.1) is 22.9 Å². The van der Waals surface area contributed by atoms with Gasteiger partial charge in [-0.15, -0.1) is 16.4 Å². The zero-order valence-electron chi connectivity index (χ0n) is 11.2. The molecular formula is C13H14N6S. The van der Waals surface area contributed by atoms with Gasteiger partial charge >= 0.3 is 0 Å². The van der Waals surface area contributed by atoms with Crippen molar-refractivity contribution in [2.24, 2.45) is 0 Å². The molecule has 0 fully saturated rings. The number of benzene rings is 1. The molecule has 1 aromatic carbocycles. The van der Waals surface area contributed by atoms with Crippen LogP contribution < -0.4 is 5.32 Å². The Kier molecular flexibility index (Phi) is 3.42. The van der Waals surface area contributed by atoms with E-state index < -0.39 is 0 Å². The molecule has 1 unspecified atom stereocenters. The number of aryl methyl sites for hydroxylation is 1. The molecule has 102 valence electrons. The van der Waals surface area contributed by atoms with Crippen molar-refractivity contribution in [3.8, 4) is 5.69 Å². The fourth-order valence-corrected chi connectivity index (χ4v) is 2.87. The lowest BCUT2D eigenvalue weighted by molar-refractivity contribution is 0.788. The average Bonchev–Trinajstić information content (AvgIpc) is 3.09. The molecule has 0 aliphatic carbocycles. The first-order valence-electron chi connectivity index (χ1n) is 6.24. The summed E-state index contributed by atoms with van der Waals surface area (Å²) in [7, 11) is 0. The molecule has 0 saturated heterocycles. The molecule has 0 bridgehead atoms. The van der Waals surface area contributed by atoms with Crippen molar-refractivity contribution in [2.45, 2.75) is 19.9 Å². The second kappa shape index (κ2) is 5.38. The first-order chi connectivity index (χ1) is 9.74. The Bertz CT molecular complexity index is 690. The first-order valence-corrected chi connectivity index (χ1v) is 7.12. The van der Waals surface area contributed by atoms with Gasteiger partial charge in [-0.2, -0.15) is 0 Å². The van der Waals surface area contributed by atoms with Gasteiger partial charge in [-0.1, -0.05) is 6.07 Å². The summed E-state index contributed by atoms with van der Waals surface area (Å²) in [6.07, 6.45) is 1.58. The van der Waals surface area contributed by atoms with E-state index in [1.807, 2.05) is 36.7 Å². The number of anilines is 1. The van der Waals surface area contributed by atoms with Gasteiger partial charge in [0, 0.05) is 10.6 Å². The van der Waals surface area contributed by atoms with Gasteiger partial charge in [-0.05, 0) is 42.5 Å². The van der Waals surface area contributed by atoms with Crippen LogP contribution in [0.4, 0.5) is 5.69 Å². The van der Waals surface area contributed by atoms with Gasteiger partial charge in [0.1, 0.15) is 6.33 Å². The summed E-state index contributed by atoms with van der Waals surface area (Å²) in [5.41, 5.74) is 4.90. The van der Waals surface area contributed by atoms with Crippen LogP contribution in [0.1, 0.15) is 23.5 Å². The molecule has 2 aromatic heterocycles. The molecule has 0 saturated carbocycles. The molecule has 0 radical (unpaired) electrons. The summed E-state index contributed by atoms with van der Waals surface area (Å²) >= 11 is 1.67. The highest BCUT2D eigenvalue weighted by molar-refractivity contribution is 7.09. The van der Waals surface area contributed by atoms with E-state index in [9.17, 15) is 0 Å². The Morgan fingerprint density at radius 3 is 2.95 bits per heavy atom. The molecule has 20 heavy (non-hydrogen) atoms. The zero-order valence-corrected chi connectivity index (χ0v) is 12.0. The lowest BCUT2D eigenvalue weighted by Gasteiger charge is -2.15. The van der Waals surface area contributed by atoms with Crippen molar-refractivity contribution in [2.75, 3.05) is 5.32 Å². The van der Waals surface area contributed by atoms with E-state index in [-0.39, 0.29) is 6.04 Å². The van der Waals surface area contributed by atoms with Gasteiger partial charge < -0.3 is 5.32 Å². The van der Waals surface area contributed by atoms with Crippen molar-refractivity contribution < 1.29 is 0 Å². The third kappa shape index (κ3) is 2.53. The van der Waals surface area contributed by atoms with Gasteiger partial charge in [-0.25, -0.2) is 9.67 Å². The monoisotopic (exact) mass is 286 g/mol. The van der Waals surface area contributed by atoms with Crippen molar-refractivity contribution in [1.82, 2.24) is 25.2 Å². The van der Waals surface area contributed by atoms with E-state index in [1.165, 1.54) is 4.88 Å². The van der Waals surface area contributed by atoms with E-state index in [1.54, 1.807) is 22.3 Å². The topological polar surface area (TPSA) is 68.5 Å². The van der Waals surface area contributed by atoms with Crippen molar-refractivity contribution in [3.05, 3.63) is 46.7 Å². The molecule has 6 nitrogen and oxygen atoms in total. The standard InChI is InChI=1S/C13H14N6S/c1-9-13(20-8-14-9)10(2)16-11-4-3-5-12(6-11)19-7-15-17-18-19/h3-8,10,16H,1-2H3. The maximum Gasteiger partial charge on any atom is 0.143 e. The van der Waals surface area contributed by atoms with E-state index >= 15 is 0 Å². The van der Waals surface area contributed by atoms with Crippen LogP contribution in [0, 0.1) is 6.92 Å². The largest absolute Gasteiger partial charge is 0.378 e. The van der Waals surface area contributed by atoms with Gasteiger partial charge in [0.25, 0.3) is 0 Å². The second-order valence-electron chi connectivity index (χ2n) is 4.47. The normalized spacial score (nSPS) is 12.3. The Morgan fingerprint density at radius 2 is 2.25 bits per heavy atom. The van der Waals surface area contributed by atoms with E-state index in [0.717, 1.165) is 17.1 Å². The Labute approximate surface area is 120 Å². The number of rotatable bonds is 4. The summed E-state index contributed by atoms with van der Waals surface area (Å²) in [4.78, 5) is 5.53. The molecule has 1 N–H and O–H groups in total. The molecular weight excluding hydrogens is 272 g/mol. The summed E-state index contributed by atoms with van der Waals surface area (Å²) in [5.74, 6) is 0. The molecule has 0 amide bonds. The van der Waals surface area contributed by atoms with Crippen molar-refractivity contribution in [3.63, 3.8) is 0 Å². The maximum absolute atomic E-state index is 4.29. The molecule has 3 aromatic rings. The molecule has 7 heteroatoms. The van der Waals surface area contributed by atoms with Crippen LogP contribution in [0.5, 0.6) is 0 Å². The fourth-order valence-electron chi connectivity index (χ4n) is 2.06. The third-order valence-corrected chi connectivity index (χ3v) is 4.13. The van der Waals surface area contributed by atoms with Crippen LogP contribution in [-0.4, -0.2) is 25.2 Å². The van der Waals surface area contributed by atoms with E-state index in [0.29, 0.717) is 0 Å². The van der Waals surface area contributed by atoms with Gasteiger partial charge in [0.2, 0.25) is 0 Å². The number of nitrogens with zero attached hydrogens (tertiary/aromatic N) is 5. The minimum atomic E-state index is 0.214. The number of tetrazole rings is 1. The molecule has 0 aliphatic rings. The summed E-state index contributed by atoms with van der Waals surface area (Å²) in [6.45, 7) is 4.16. The zero-order chi connectivity index (χ0) is 13.9. The van der Waals surface area contributed by atoms with Crippen LogP contribution in [0.3, 0.4) is 0 Å². The highest BCUT2D eigenvalue weighted by atomic mass is 32.1. The quantitative estimate of drug-likeness (QED) is 0.798. The van der Waals surface area contributed by atoms with Crippen molar-refractivity contribution in [1.29, 1.82) is 0 Å². The van der Waals surface area contributed by atoms with Gasteiger partial charge in [0.15, 0.2) is 0 Å². The number of hydrogen-bond donors (Lipinski definition) is 1. The lowest BCUT2D eigenvalue weighted by atomic mass is 10.2. The lowest BCUT2D eigenvalue weighted by Crippen LogP contribution is -2.07. The fraction of sp³-hybridized carbons (Fsp3) is 0.231. The highest BCUT2D eigenvalue weighted by Gasteiger charge is 2.11. The smallest absolute Gasteiger partial charge is 0.143 e. The van der Waals surface area contributed by atoms with Gasteiger partial charge in [-0.3, -0.25) is 0 Å². The van der Waals surface area contributed by atoms with E-state index in [4.69, 9.17) is 0 Å². The molecule has 2 heterocycles. The highest BCUT2D eigenvalue weighted by Crippen LogP contribution is 2.25. The number of nitrogens with one attached hydrogen (secondary N) is 1. The predicted octanol–water partition coefficient (Wildman–Crippen LogP) is 2.60. The SMILES string of the molecule is Cc1ncsc1C(C)Nc1cccc(-n2cnnn2)c1. The van der Waals surface area contributed by atoms with Crippen molar-refractivity contribution >= 4 is 17.0 Å². The third-order valence-electron chi connectivity index (χ3n) is 3.02. The van der Waals surface area contributed by atoms with E-state index in [2.05, 4.69) is 32.7 Å². The minimum absolute atomic E-state index is 0.214. The van der Waals surface area contributed by atoms with Crippen LogP contribution in [-0.2, 0) is 0 Å². The minimum Gasteiger partial charge on any atom is -0.378 e.